The molecule has 2 unspecified atom stereocenters. The van der Waals surface area contributed by atoms with Crippen molar-refractivity contribution in [1.29, 1.82) is 5.26 Å². The molecule has 0 saturated carbocycles. The first-order valence-corrected chi connectivity index (χ1v) is 15.8. The Balaban J connectivity index is 1.75. The van der Waals surface area contributed by atoms with E-state index in [2.05, 4.69) is 6.07 Å². The smallest absolute Gasteiger partial charge is 0.410 e. The van der Waals surface area contributed by atoms with Gasteiger partial charge in [-0.15, -0.1) is 0 Å². The van der Waals surface area contributed by atoms with E-state index in [4.69, 9.17) is 14.2 Å². The highest BCUT2D eigenvalue weighted by molar-refractivity contribution is 7.93. The van der Waals surface area contributed by atoms with Crippen LogP contribution in [0.5, 0.6) is 0 Å². The number of fused-ring (bicyclic) bond motifs is 1. The monoisotopic (exact) mass is 609 g/mol. The van der Waals surface area contributed by atoms with E-state index in [1.165, 1.54) is 18.2 Å². The van der Waals surface area contributed by atoms with Crippen LogP contribution >= 0.6 is 0 Å². The highest BCUT2D eigenvalue weighted by atomic mass is 32.2. The molecule has 0 aliphatic carbocycles. The van der Waals surface area contributed by atoms with Gasteiger partial charge < -0.3 is 19.1 Å². The van der Waals surface area contributed by atoms with Crippen molar-refractivity contribution >= 4 is 33.8 Å². The number of hydrogen-bond acceptors (Lipinski definition) is 8. The van der Waals surface area contributed by atoms with E-state index in [0.29, 0.717) is 42.7 Å². The summed E-state index contributed by atoms with van der Waals surface area (Å²) in [6.45, 7) is 10.6. The molecule has 0 radical (unpaired) electrons. The van der Waals surface area contributed by atoms with E-state index in [0.717, 1.165) is 11.1 Å². The van der Waals surface area contributed by atoms with Crippen molar-refractivity contribution in [3.05, 3.63) is 70.8 Å². The molecule has 11 heteroatoms. The molecule has 1 fully saturated rings. The maximum absolute atomic E-state index is 14.2. The predicted molar refractivity (Wildman–Crippen MR) is 162 cm³/mol. The zero-order valence-corrected chi connectivity index (χ0v) is 26.3. The van der Waals surface area contributed by atoms with Crippen molar-refractivity contribution in [2.24, 2.45) is 0 Å². The second-order valence-corrected chi connectivity index (χ2v) is 14.1. The fourth-order valence-electron chi connectivity index (χ4n) is 5.32. The number of amides is 1. The third-order valence-corrected chi connectivity index (χ3v) is 9.22. The van der Waals surface area contributed by atoms with Crippen LogP contribution < -0.4 is 4.31 Å². The number of ether oxygens (including phenoxy) is 3. The van der Waals surface area contributed by atoms with Crippen LogP contribution in [-0.2, 0) is 35.4 Å². The molecule has 2 aromatic carbocycles. The Kier molecular flexibility index (Phi) is 9.23. The number of rotatable bonds is 7. The Morgan fingerprint density at radius 3 is 2.47 bits per heavy atom. The minimum absolute atomic E-state index is 0.204. The molecule has 2 atom stereocenters. The summed E-state index contributed by atoms with van der Waals surface area (Å²) in [6, 6.07) is 14.7. The normalized spacial score (nSPS) is 20.0. The summed E-state index contributed by atoms with van der Waals surface area (Å²) >= 11 is 0. The first kappa shape index (κ1) is 32.0. The molecule has 0 aromatic heterocycles. The number of hydrogen-bond donors (Lipinski definition) is 0. The fraction of sp³-hybridized carbons (Fsp3) is 0.469. The lowest BCUT2D eigenvalue weighted by atomic mass is 10.0. The summed E-state index contributed by atoms with van der Waals surface area (Å²) in [5.41, 5.74) is -0.403. The molecule has 0 spiro atoms. The quantitative estimate of drug-likeness (QED) is 0.388. The van der Waals surface area contributed by atoms with Gasteiger partial charge in [-0.1, -0.05) is 30.3 Å². The van der Waals surface area contributed by atoms with Crippen molar-refractivity contribution in [3.8, 4) is 6.07 Å². The van der Waals surface area contributed by atoms with Gasteiger partial charge in [0.25, 0.3) is 10.0 Å². The molecule has 2 aromatic rings. The lowest BCUT2D eigenvalue weighted by Gasteiger charge is -2.42. The minimum Gasteiger partial charge on any atom is -0.444 e. The average molecular weight is 610 g/mol. The van der Waals surface area contributed by atoms with Crippen LogP contribution in [-0.4, -0.2) is 61.3 Å². The lowest BCUT2D eigenvalue weighted by molar-refractivity contribution is -0.142. The van der Waals surface area contributed by atoms with Gasteiger partial charge in [-0.2, -0.15) is 5.26 Å². The number of nitriles is 1. The van der Waals surface area contributed by atoms with Crippen LogP contribution in [0.15, 0.2) is 48.5 Å². The van der Waals surface area contributed by atoms with E-state index in [1.807, 2.05) is 45.9 Å². The van der Waals surface area contributed by atoms with Gasteiger partial charge in [-0.25, -0.2) is 17.5 Å². The molecular weight excluding hydrogens is 570 g/mol. The van der Waals surface area contributed by atoms with Crippen LogP contribution in [0.1, 0.15) is 69.7 Å². The molecule has 10 nitrogen and oxygen atoms in total. The van der Waals surface area contributed by atoms with E-state index in [9.17, 15) is 23.3 Å². The third-order valence-electron chi connectivity index (χ3n) is 7.27. The highest BCUT2D eigenvalue weighted by Crippen LogP contribution is 2.46. The zero-order chi connectivity index (χ0) is 31.6. The standard InChI is InChI=1S/C32H39N3O7S/c1-22-10-11-27-20-32(15-12-25-8-7-9-26(19-25)21-33,35(29(27)18-22)43(38,39)24(3)40-23(2)36)41-28-13-16-34(17-14-28)30(37)42-31(4,5)6/h7-12,15,18-19,24,28H,13-14,16-17,20H2,1-6H3/b15-12+. The van der Waals surface area contributed by atoms with Crippen molar-refractivity contribution in [3.63, 3.8) is 0 Å². The summed E-state index contributed by atoms with van der Waals surface area (Å²) < 4.78 is 47.2. The summed E-state index contributed by atoms with van der Waals surface area (Å²) in [4.78, 5) is 26.1. The van der Waals surface area contributed by atoms with Crippen molar-refractivity contribution in [2.75, 3.05) is 17.4 Å². The highest BCUT2D eigenvalue weighted by Gasteiger charge is 2.52. The minimum atomic E-state index is -4.31. The second-order valence-electron chi connectivity index (χ2n) is 12.0. The predicted octanol–water partition coefficient (Wildman–Crippen LogP) is 5.29. The fourth-order valence-corrected chi connectivity index (χ4v) is 6.92. The number of likely N-dealkylation sites (tertiary alicyclic amines) is 1. The number of benzene rings is 2. The van der Waals surface area contributed by atoms with E-state index in [-0.39, 0.29) is 6.42 Å². The Morgan fingerprint density at radius 2 is 1.84 bits per heavy atom. The number of anilines is 1. The van der Waals surface area contributed by atoms with Gasteiger partial charge in [-0.3, -0.25) is 4.79 Å². The zero-order valence-electron chi connectivity index (χ0n) is 25.5. The van der Waals surface area contributed by atoms with Crippen molar-refractivity contribution in [1.82, 2.24) is 4.90 Å². The van der Waals surface area contributed by atoms with Crippen molar-refractivity contribution in [2.45, 2.75) is 83.7 Å². The molecule has 2 aliphatic rings. The first-order valence-electron chi connectivity index (χ1n) is 14.3. The van der Waals surface area contributed by atoms with Crippen LogP contribution in [0.3, 0.4) is 0 Å². The molecule has 0 N–H and O–H groups in total. The Bertz CT molecular complexity index is 1550. The molecule has 2 aliphatic heterocycles. The number of carbonyl (C=O) groups is 2. The average Bonchev–Trinajstić information content (AvgIpc) is 3.24. The molecule has 43 heavy (non-hydrogen) atoms. The maximum atomic E-state index is 14.2. The van der Waals surface area contributed by atoms with Crippen LogP contribution in [0.2, 0.25) is 0 Å². The SMILES string of the molecule is CC(=O)OC(C)S(=O)(=O)N1c2cc(C)ccc2CC1(/C=C/c1cccc(C#N)c1)OC1CCN(C(=O)OC(C)(C)C)CC1. The Labute approximate surface area is 253 Å². The number of piperidine rings is 1. The Morgan fingerprint density at radius 1 is 1.14 bits per heavy atom. The number of carbonyl (C=O) groups excluding carboxylic acids is 2. The lowest BCUT2D eigenvalue weighted by Crippen LogP contribution is -2.56. The van der Waals surface area contributed by atoms with Gasteiger partial charge in [0.2, 0.25) is 5.44 Å². The van der Waals surface area contributed by atoms with Crippen LogP contribution in [0.25, 0.3) is 6.08 Å². The maximum Gasteiger partial charge on any atom is 0.410 e. The number of nitrogens with zero attached hydrogens (tertiary/aromatic N) is 3. The van der Waals surface area contributed by atoms with Gasteiger partial charge >= 0.3 is 12.1 Å². The molecular formula is C32H39N3O7S. The second kappa shape index (κ2) is 12.4. The topological polar surface area (TPSA) is 126 Å². The Hall–Kier alpha value is -3.88. The van der Waals surface area contributed by atoms with E-state index < -0.39 is 45.0 Å². The molecule has 1 amide bonds. The van der Waals surface area contributed by atoms with Gasteiger partial charge in [-0.05, 0) is 88.4 Å². The summed E-state index contributed by atoms with van der Waals surface area (Å²) in [7, 11) is -4.31. The van der Waals surface area contributed by atoms with Gasteiger partial charge in [0.1, 0.15) is 5.60 Å². The van der Waals surface area contributed by atoms with E-state index in [1.54, 1.807) is 41.3 Å². The molecule has 2 heterocycles. The summed E-state index contributed by atoms with van der Waals surface area (Å²) in [5, 5.41) is 9.39. The molecule has 230 valence electrons. The van der Waals surface area contributed by atoms with Crippen LogP contribution in [0, 0.1) is 18.3 Å². The van der Waals surface area contributed by atoms with Crippen LogP contribution in [0.4, 0.5) is 10.5 Å². The first-order chi connectivity index (χ1) is 20.1. The number of sulfonamides is 1. The van der Waals surface area contributed by atoms with Gasteiger partial charge in [0.05, 0.1) is 23.4 Å². The number of aryl methyl sites for hydroxylation is 1. The largest absolute Gasteiger partial charge is 0.444 e. The number of esters is 1. The van der Waals surface area contributed by atoms with Crippen molar-refractivity contribution < 1.29 is 32.2 Å². The summed E-state index contributed by atoms with van der Waals surface area (Å²) in [6.07, 6.45) is 3.77. The summed E-state index contributed by atoms with van der Waals surface area (Å²) in [5.74, 6) is -0.718. The third kappa shape index (κ3) is 7.37. The van der Waals surface area contributed by atoms with Gasteiger partial charge in [0, 0.05) is 26.4 Å². The molecule has 0 bridgehead atoms. The van der Waals surface area contributed by atoms with E-state index >= 15 is 0 Å². The van der Waals surface area contributed by atoms with Gasteiger partial charge in [0.15, 0.2) is 5.72 Å². The molecule has 1 saturated heterocycles. The molecule has 4 rings (SSSR count).